The van der Waals surface area contributed by atoms with Gasteiger partial charge in [0.15, 0.2) is 0 Å². The number of benzene rings is 2. The molecule has 4 nitrogen and oxygen atoms in total. The molecule has 2 aromatic carbocycles. The summed E-state index contributed by atoms with van der Waals surface area (Å²) in [7, 11) is 3.06. The highest BCUT2D eigenvalue weighted by Crippen LogP contribution is 2.28. The van der Waals surface area contributed by atoms with E-state index in [1.165, 1.54) is 7.11 Å². The van der Waals surface area contributed by atoms with Crippen LogP contribution in [0.1, 0.15) is 28.9 Å². The highest BCUT2D eigenvalue weighted by molar-refractivity contribution is 6.35. The van der Waals surface area contributed by atoms with Crippen molar-refractivity contribution in [3.05, 3.63) is 57.6 Å². The summed E-state index contributed by atoms with van der Waals surface area (Å²) < 4.78 is 10.4. The van der Waals surface area contributed by atoms with E-state index in [1.54, 1.807) is 43.5 Å². The Morgan fingerprint density at radius 3 is 2.43 bits per heavy atom. The van der Waals surface area contributed by atoms with Crippen LogP contribution in [0.3, 0.4) is 0 Å². The molecule has 0 fully saturated rings. The van der Waals surface area contributed by atoms with Crippen molar-refractivity contribution in [3.8, 4) is 11.5 Å². The SMILES string of the molecule is COc1ccc(C(=O)NC(C)c2ccc(Cl)cc2Cl)c(OC)c1. The maximum atomic E-state index is 12.5. The Balaban J connectivity index is 2.21. The first-order valence-corrected chi connectivity index (χ1v) is 7.69. The van der Waals surface area contributed by atoms with Gasteiger partial charge in [-0.05, 0) is 36.8 Å². The van der Waals surface area contributed by atoms with Gasteiger partial charge < -0.3 is 14.8 Å². The molecule has 6 heteroatoms. The lowest BCUT2D eigenvalue weighted by atomic mass is 10.1. The number of carbonyl (C=O) groups excluding carboxylic acids is 1. The van der Waals surface area contributed by atoms with E-state index in [0.717, 1.165) is 5.56 Å². The van der Waals surface area contributed by atoms with E-state index in [4.69, 9.17) is 32.7 Å². The van der Waals surface area contributed by atoms with Crippen LogP contribution < -0.4 is 14.8 Å². The highest BCUT2D eigenvalue weighted by atomic mass is 35.5. The number of amides is 1. The topological polar surface area (TPSA) is 47.6 Å². The summed E-state index contributed by atoms with van der Waals surface area (Å²) in [6.07, 6.45) is 0. The second-order valence-corrected chi connectivity index (χ2v) is 5.77. The number of ether oxygens (including phenoxy) is 2. The largest absolute Gasteiger partial charge is 0.497 e. The van der Waals surface area contributed by atoms with Crippen LogP contribution in [0, 0.1) is 0 Å². The van der Waals surface area contributed by atoms with Crippen molar-refractivity contribution >= 4 is 29.1 Å². The molecule has 0 bridgehead atoms. The molecule has 0 aliphatic rings. The van der Waals surface area contributed by atoms with Gasteiger partial charge in [0.2, 0.25) is 0 Å². The molecule has 0 aromatic heterocycles. The molecule has 2 aromatic rings. The molecule has 0 saturated heterocycles. The molecular weight excluding hydrogens is 337 g/mol. The van der Waals surface area contributed by atoms with E-state index in [0.29, 0.717) is 27.1 Å². The van der Waals surface area contributed by atoms with Crippen LogP contribution in [0.25, 0.3) is 0 Å². The van der Waals surface area contributed by atoms with Crippen molar-refractivity contribution in [3.63, 3.8) is 0 Å². The summed E-state index contributed by atoms with van der Waals surface area (Å²) in [6.45, 7) is 1.85. The molecule has 2 rings (SSSR count). The van der Waals surface area contributed by atoms with Crippen LogP contribution in [0.5, 0.6) is 11.5 Å². The van der Waals surface area contributed by atoms with Crippen LogP contribution in [-0.4, -0.2) is 20.1 Å². The highest BCUT2D eigenvalue weighted by Gasteiger charge is 2.17. The number of halogens is 2. The Hall–Kier alpha value is -1.91. The van der Waals surface area contributed by atoms with Crippen molar-refractivity contribution < 1.29 is 14.3 Å². The summed E-state index contributed by atoms with van der Waals surface area (Å²) in [5.74, 6) is 0.798. The molecule has 0 aliphatic heterocycles. The third-order valence-electron chi connectivity index (χ3n) is 3.43. The molecule has 1 amide bonds. The fourth-order valence-electron chi connectivity index (χ4n) is 2.19. The van der Waals surface area contributed by atoms with Crippen molar-refractivity contribution in [2.45, 2.75) is 13.0 Å². The normalized spacial score (nSPS) is 11.7. The van der Waals surface area contributed by atoms with Crippen LogP contribution in [0.4, 0.5) is 0 Å². The van der Waals surface area contributed by atoms with Crippen molar-refractivity contribution in [2.24, 2.45) is 0 Å². The Morgan fingerprint density at radius 1 is 1.09 bits per heavy atom. The average molecular weight is 354 g/mol. The molecule has 0 saturated carbocycles. The summed E-state index contributed by atoms with van der Waals surface area (Å²) in [5.41, 5.74) is 1.21. The third kappa shape index (κ3) is 4.09. The maximum absolute atomic E-state index is 12.5. The first-order chi connectivity index (χ1) is 11.0. The second kappa shape index (κ2) is 7.57. The van der Waals surface area contributed by atoms with E-state index >= 15 is 0 Å². The Morgan fingerprint density at radius 2 is 1.83 bits per heavy atom. The molecular formula is C17H17Cl2NO3. The van der Waals surface area contributed by atoms with Crippen molar-refractivity contribution in [2.75, 3.05) is 14.2 Å². The zero-order valence-corrected chi connectivity index (χ0v) is 14.5. The average Bonchev–Trinajstić information content (AvgIpc) is 2.53. The lowest BCUT2D eigenvalue weighted by Crippen LogP contribution is -2.27. The van der Waals surface area contributed by atoms with Gasteiger partial charge in [-0.15, -0.1) is 0 Å². The number of rotatable bonds is 5. The summed E-state index contributed by atoms with van der Waals surface area (Å²) >= 11 is 12.1. The minimum Gasteiger partial charge on any atom is -0.497 e. The van der Waals surface area contributed by atoms with E-state index in [-0.39, 0.29) is 11.9 Å². The van der Waals surface area contributed by atoms with Crippen molar-refractivity contribution in [1.82, 2.24) is 5.32 Å². The molecule has 1 N–H and O–H groups in total. The van der Waals surface area contributed by atoms with Gasteiger partial charge in [0.1, 0.15) is 11.5 Å². The lowest BCUT2D eigenvalue weighted by molar-refractivity contribution is 0.0937. The van der Waals surface area contributed by atoms with Crippen molar-refractivity contribution in [1.29, 1.82) is 0 Å². The number of hydrogen-bond acceptors (Lipinski definition) is 3. The number of carbonyl (C=O) groups is 1. The molecule has 122 valence electrons. The number of nitrogens with one attached hydrogen (secondary N) is 1. The smallest absolute Gasteiger partial charge is 0.255 e. The molecule has 0 heterocycles. The molecule has 0 aliphatic carbocycles. The van der Waals surface area contributed by atoms with Crippen LogP contribution >= 0.6 is 23.2 Å². The lowest BCUT2D eigenvalue weighted by Gasteiger charge is -2.17. The van der Waals surface area contributed by atoms with E-state index in [9.17, 15) is 4.79 Å². The van der Waals surface area contributed by atoms with Gasteiger partial charge in [0, 0.05) is 16.1 Å². The summed E-state index contributed by atoms with van der Waals surface area (Å²) in [4.78, 5) is 12.5. The molecule has 0 spiro atoms. The number of hydrogen-bond donors (Lipinski definition) is 1. The van der Waals surface area contributed by atoms with Crippen LogP contribution in [-0.2, 0) is 0 Å². The second-order valence-electron chi connectivity index (χ2n) is 4.93. The third-order valence-corrected chi connectivity index (χ3v) is 3.99. The van der Waals surface area contributed by atoms with Gasteiger partial charge in [-0.2, -0.15) is 0 Å². The quantitative estimate of drug-likeness (QED) is 0.860. The molecule has 23 heavy (non-hydrogen) atoms. The minimum atomic E-state index is -0.279. The van der Waals surface area contributed by atoms with Crippen LogP contribution in [0.15, 0.2) is 36.4 Å². The molecule has 1 unspecified atom stereocenters. The van der Waals surface area contributed by atoms with Gasteiger partial charge >= 0.3 is 0 Å². The van der Waals surface area contributed by atoms with Gasteiger partial charge in [-0.3, -0.25) is 4.79 Å². The van der Waals surface area contributed by atoms with E-state index in [2.05, 4.69) is 5.32 Å². The Labute approximate surface area is 145 Å². The van der Waals surface area contributed by atoms with Gasteiger partial charge in [0.25, 0.3) is 5.91 Å². The van der Waals surface area contributed by atoms with E-state index < -0.39 is 0 Å². The zero-order valence-electron chi connectivity index (χ0n) is 13.0. The van der Waals surface area contributed by atoms with Gasteiger partial charge in [0.05, 0.1) is 25.8 Å². The monoisotopic (exact) mass is 353 g/mol. The van der Waals surface area contributed by atoms with Gasteiger partial charge in [-0.25, -0.2) is 0 Å². The standard InChI is InChI=1S/C17H17Cl2NO3/c1-10(13-6-4-11(18)8-15(13)19)20-17(21)14-7-5-12(22-2)9-16(14)23-3/h4-10H,1-3H3,(H,20,21). The summed E-state index contributed by atoms with van der Waals surface area (Å²) in [5, 5.41) is 3.95. The fourth-order valence-corrected chi connectivity index (χ4v) is 2.76. The Bertz CT molecular complexity index is 719. The molecule has 0 radical (unpaired) electrons. The predicted molar refractivity (Wildman–Crippen MR) is 91.9 cm³/mol. The van der Waals surface area contributed by atoms with E-state index in [1.807, 2.05) is 6.92 Å². The maximum Gasteiger partial charge on any atom is 0.255 e. The van der Waals surface area contributed by atoms with Gasteiger partial charge in [-0.1, -0.05) is 29.3 Å². The summed E-state index contributed by atoms with van der Waals surface area (Å²) in [6, 6.07) is 9.92. The minimum absolute atomic E-state index is 0.261. The van der Waals surface area contributed by atoms with Crippen LogP contribution in [0.2, 0.25) is 10.0 Å². The fraction of sp³-hybridized carbons (Fsp3) is 0.235. The molecule has 1 atom stereocenters. The number of methoxy groups -OCH3 is 2. The first-order valence-electron chi connectivity index (χ1n) is 6.94. The predicted octanol–water partition coefficient (Wildman–Crippen LogP) is 4.50. The first kappa shape index (κ1) is 17.4. The Kier molecular flexibility index (Phi) is 5.74. The zero-order chi connectivity index (χ0) is 17.0.